The molecule has 2 rings (SSSR count). The smallest absolute Gasteiger partial charge is 0.419 e. The van der Waals surface area contributed by atoms with Crippen LogP contribution in [0.2, 0.25) is 0 Å². The Bertz CT molecular complexity index is 867. The van der Waals surface area contributed by atoms with Crippen molar-refractivity contribution < 1.29 is 78.2 Å². The number of aromatic nitrogens is 2. The number of esters is 2. The van der Waals surface area contributed by atoms with Crippen LogP contribution in [0.1, 0.15) is 50.7 Å². The molecule has 9 nitrogen and oxygen atoms in total. The van der Waals surface area contributed by atoms with Crippen molar-refractivity contribution in [2.24, 2.45) is 0 Å². The van der Waals surface area contributed by atoms with Crippen LogP contribution in [-0.2, 0) is 24.3 Å². The van der Waals surface area contributed by atoms with E-state index in [4.69, 9.17) is 0 Å². The molecule has 0 spiro atoms. The number of hydrogen-bond acceptors (Lipinski definition) is 9. The Morgan fingerprint density at radius 3 is 1.36 bits per heavy atom. The van der Waals surface area contributed by atoms with Crippen LogP contribution in [0.25, 0.3) is 0 Å². The number of carbonyl (C=O) groups excluding carboxylic acids is 2. The van der Waals surface area contributed by atoms with Gasteiger partial charge < -0.3 is 9.47 Å². The average molecular weight is 641 g/mol. The van der Waals surface area contributed by atoms with Crippen LogP contribution < -0.4 is 0 Å². The summed E-state index contributed by atoms with van der Waals surface area (Å²) >= 11 is 0. The Hall–Kier alpha value is -3.58. The summed E-state index contributed by atoms with van der Waals surface area (Å²) in [4.78, 5) is 35.8. The molecule has 0 atom stereocenters. The number of ether oxygens (including phenoxy) is 2. The van der Waals surface area contributed by atoms with Gasteiger partial charge in [-0.1, -0.05) is 41.8 Å². The molecule has 0 amide bonds. The molecule has 0 aliphatic rings. The Morgan fingerprint density at radius 2 is 1.10 bits per heavy atom. The molecular formula is C23H34F10N2O7. The van der Waals surface area contributed by atoms with E-state index in [1.54, 1.807) is 12.1 Å². The highest BCUT2D eigenvalue weighted by Gasteiger charge is 2.34. The summed E-state index contributed by atoms with van der Waals surface area (Å²) in [7, 11) is 0. The summed E-state index contributed by atoms with van der Waals surface area (Å²) in [5.74, 6) is -1.67. The molecule has 0 aliphatic heterocycles. The second kappa shape index (κ2) is 30.4. The van der Waals surface area contributed by atoms with Gasteiger partial charge in [-0.05, 0) is 37.8 Å². The first-order valence-electron chi connectivity index (χ1n) is 9.36. The molecule has 19 heteroatoms. The van der Waals surface area contributed by atoms with E-state index in [0.717, 1.165) is 0 Å². The lowest BCUT2D eigenvalue weighted by Gasteiger charge is -2.10. The van der Waals surface area contributed by atoms with Crippen LogP contribution in [0.3, 0.4) is 0 Å². The summed E-state index contributed by atoms with van der Waals surface area (Å²) in [6.45, 7) is -5.86. The number of halogens is 10. The number of carbonyl (C=O) groups is 2. The van der Waals surface area contributed by atoms with Crippen molar-refractivity contribution in [3.05, 3.63) is 60.2 Å². The van der Waals surface area contributed by atoms with Crippen molar-refractivity contribution in [1.29, 1.82) is 0 Å². The third-order valence-electron chi connectivity index (χ3n) is 2.85. The molecule has 0 N–H and O–H groups in total. The molecule has 0 aromatic carbocycles. The van der Waals surface area contributed by atoms with E-state index in [1.165, 1.54) is 36.7 Å². The van der Waals surface area contributed by atoms with Crippen LogP contribution in [-0.4, -0.2) is 67.5 Å². The summed E-state index contributed by atoms with van der Waals surface area (Å²) in [5.41, 5.74) is 0.0538. The highest BCUT2D eigenvalue weighted by Crippen LogP contribution is 2.16. The van der Waals surface area contributed by atoms with E-state index in [0.29, 0.717) is 0 Å². The van der Waals surface area contributed by atoms with Crippen LogP contribution in [0.4, 0.5) is 44.3 Å². The zero-order valence-electron chi connectivity index (χ0n) is 18.7. The summed E-state index contributed by atoms with van der Waals surface area (Å²) < 4.78 is 118. The fraction of sp³-hybridized carbons (Fsp3) is 0.478. The Labute approximate surface area is 236 Å². The van der Waals surface area contributed by atoms with Gasteiger partial charge in [0.2, 0.25) is 6.86 Å². The van der Waals surface area contributed by atoms with Gasteiger partial charge in [-0.15, -0.1) is 9.88 Å². The minimum Gasteiger partial charge on any atom is -0.458 e. The second-order valence-electron chi connectivity index (χ2n) is 5.61. The van der Waals surface area contributed by atoms with Gasteiger partial charge in [0, 0.05) is 12.4 Å². The number of pyridine rings is 2. The normalized spacial score (nSPS) is 9.38. The average Bonchev–Trinajstić information content (AvgIpc) is 2.96. The topological polar surface area (TPSA) is 106 Å². The van der Waals surface area contributed by atoms with Gasteiger partial charge in [0.1, 0.15) is 24.7 Å². The maximum absolute atomic E-state index is 12.1. The quantitative estimate of drug-likeness (QED) is 0.190. The number of alkyl halides is 7. The first-order valence-corrected chi connectivity index (χ1v) is 9.36. The molecule has 0 saturated heterocycles. The minimum absolute atomic E-state index is 0. The summed E-state index contributed by atoms with van der Waals surface area (Å²) in [6, 6.07) is 9.16. The summed E-state index contributed by atoms with van der Waals surface area (Å²) in [5, 5.41) is 0. The largest absolute Gasteiger partial charge is 0.458 e. The highest BCUT2D eigenvalue weighted by atomic mass is 19.4. The van der Waals surface area contributed by atoms with Gasteiger partial charge in [-0.3, -0.25) is 0 Å². The highest BCUT2D eigenvalue weighted by molar-refractivity contribution is 5.87. The molecule has 0 bridgehead atoms. The lowest BCUT2D eigenvalue weighted by atomic mass is 10.3. The van der Waals surface area contributed by atoms with E-state index in [2.05, 4.69) is 29.3 Å². The van der Waals surface area contributed by atoms with Crippen molar-refractivity contribution in [1.82, 2.24) is 9.97 Å². The molecule has 2 aromatic rings. The molecule has 0 radical (unpaired) electrons. The third-order valence-corrected chi connectivity index (χ3v) is 2.85. The minimum atomic E-state index is -4.25. The molecule has 42 heavy (non-hydrogen) atoms. The first kappa shape index (κ1) is 51.2. The van der Waals surface area contributed by atoms with Crippen LogP contribution >= 0.6 is 0 Å². The molecule has 0 fully saturated rings. The number of rotatable bonds is 10. The van der Waals surface area contributed by atoms with Crippen LogP contribution in [0.5, 0.6) is 0 Å². The predicted molar refractivity (Wildman–Crippen MR) is 130 cm³/mol. The fourth-order valence-electron chi connectivity index (χ4n) is 1.44. The maximum atomic E-state index is 12.1. The molecule has 0 saturated carbocycles. The van der Waals surface area contributed by atoms with Crippen molar-refractivity contribution in [2.75, 3.05) is 33.4 Å². The van der Waals surface area contributed by atoms with E-state index in [9.17, 15) is 53.9 Å². The Morgan fingerprint density at radius 1 is 0.690 bits per heavy atom. The summed E-state index contributed by atoms with van der Waals surface area (Å²) in [6.07, 6.45) is -5.61. The van der Waals surface area contributed by atoms with Gasteiger partial charge in [0.25, 0.3) is 0 Å². The first-order chi connectivity index (χ1) is 17.9. The van der Waals surface area contributed by atoms with Crippen molar-refractivity contribution in [3.8, 4) is 0 Å². The van der Waals surface area contributed by atoms with E-state index < -0.39 is 51.0 Å². The molecule has 248 valence electrons. The molecule has 0 aliphatic carbocycles. The van der Waals surface area contributed by atoms with Gasteiger partial charge in [0.05, 0.1) is 0 Å². The van der Waals surface area contributed by atoms with Crippen molar-refractivity contribution in [3.63, 3.8) is 0 Å². The van der Waals surface area contributed by atoms with Crippen LogP contribution in [0, 0.1) is 0 Å². The lowest BCUT2D eigenvalue weighted by Crippen LogP contribution is -2.26. The maximum Gasteiger partial charge on any atom is 0.419 e. The second-order valence-corrected chi connectivity index (χ2v) is 5.61. The van der Waals surface area contributed by atoms with Crippen molar-refractivity contribution in [2.45, 2.75) is 41.9 Å². The van der Waals surface area contributed by atoms with Gasteiger partial charge in [-0.25, -0.2) is 32.7 Å². The van der Waals surface area contributed by atoms with Gasteiger partial charge in [-0.2, -0.15) is 22.5 Å². The van der Waals surface area contributed by atoms with Crippen LogP contribution in [0.15, 0.2) is 48.8 Å². The zero-order valence-corrected chi connectivity index (χ0v) is 18.7. The fourth-order valence-corrected chi connectivity index (χ4v) is 1.44. The standard InChI is InChI=1S/C8H6F3NO3.C8H8FNO2.C2H2F4O.CH2F2O.4CH4/c9-8(10,15-11)5-14-7(13)6-3-1-2-4-12-6;9-4-6-12-8(11)7-3-1-2-5-10-7;3-1-2(4,5)7-6;2-1-4-3;;;;/h1-4H,5H2;1-3,5H,4,6H2;1H2;1H2;4*1H4. The monoisotopic (exact) mass is 640 g/mol. The molecule has 2 heterocycles. The number of nitrogens with zero attached hydrogens (tertiary/aromatic N) is 2. The molecular weight excluding hydrogens is 606 g/mol. The van der Waals surface area contributed by atoms with E-state index >= 15 is 0 Å². The van der Waals surface area contributed by atoms with E-state index in [1.807, 2.05) is 4.94 Å². The molecule has 2 aromatic heterocycles. The Kier molecular flexibility index (Phi) is 37.0. The Balaban J connectivity index is -0.000000109. The van der Waals surface area contributed by atoms with Gasteiger partial charge >= 0.3 is 24.2 Å². The SMILES string of the molecule is C.C.C.C.FCC(F)(F)OF.FCOF.O=C(OCC(F)(F)OF)c1ccccn1.O=C(OCCF)c1ccccn1. The lowest BCUT2D eigenvalue weighted by molar-refractivity contribution is -0.363. The molecule has 0 unspecified atom stereocenters. The van der Waals surface area contributed by atoms with E-state index in [-0.39, 0.29) is 47.7 Å². The zero-order chi connectivity index (χ0) is 29.5. The predicted octanol–water partition coefficient (Wildman–Crippen LogP) is 7.75. The van der Waals surface area contributed by atoms with Crippen molar-refractivity contribution >= 4 is 11.9 Å². The van der Waals surface area contributed by atoms with Gasteiger partial charge in [0.15, 0.2) is 13.3 Å². The number of hydrogen-bond donors (Lipinski definition) is 0. The third kappa shape index (κ3) is 28.0.